The van der Waals surface area contributed by atoms with Gasteiger partial charge in [0.1, 0.15) is 10.9 Å². The van der Waals surface area contributed by atoms with E-state index in [1.807, 2.05) is 0 Å². The molecule has 1 aromatic heterocycles. The number of nitrogens with zero attached hydrogens (tertiary/aromatic N) is 2. The summed E-state index contributed by atoms with van der Waals surface area (Å²) in [7, 11) is 1.51. The van der Waals surface area contributed by atoms with Crippen LogP contribution in [-0.2, 0) is 11.3 Å². The highest BCUT2D eigenvalue weighted by Gasteiger charge is 2.36. The fraction of sp³-hybridized carbons (Fsp3) is 0.133. The first-order chi connectivity index (χ1) is 10.1. The van der Waals surface area contributed by atoms with Crippen molar-refractivity contribution in [3.8, 4) is 5.75 Å². The standard InChI is InChI=1S/C15H11ClN2O3/c1-21-10-3-4-12-11(6-10)14(19)15(20)18(12)8-9-2-5-13(16)17-7-9/h2-7H,8H2,1H3. The van der Waals surface area contributed by atoms with Crippen molar-refractivity contribution in [1.29, 1.82) is 0 Å². The Labute approximate surface area is 126 Å². The molecule has 6 heteroatoms. The largest absolute Gasteiger partial charge is 0.497 e. The molecule has 1 aliphatic rings. The highest BCUT2D eigenvalue weighted by molar-refractivity contribution is 6.52. The molecule has 3 rings (SSSR count). The third kappa shape index (κ3) is 2.36. The van der Waals surface area contributed by atoms with E-state index < -0.39 is 11.7 Å². The van der Waals surface area contributed by atoms with E-state index in [4.69, 9.17) is 16.3 Å². The minimum absolute atomic E-state index is 0.272. The molecule has 0 saturated carbocycles. The summed E-state index contributed by atoms with van der Waals surface area (Å²) in [6.07, 6.45) is 1.58. The number of rotatable bonds is 3. The maximum absolute atomic E-state index is 12.1. The number of hydrogen-bond acceptors (Lipinski definition) is 4. The number of fused-ring (bicyclic) bond motifs is 1. The van der Waals surface area contributed by atoms with Gasteiger partial charge in [-0.05, 0) is 29.8 Å². The van der Waals surface area contributed by atoms with Crippen molar-refractivity contribution in [2.75, 3.05) is 12.0 Å². The molecule has 2 aromatic rings. The molecule has 0 atom stereocenters. The van der Waals surface area contributed by atoms with Crippen LogP contribution in [0.2, 0.25) is 5.15 Å². The minimum atomic E-state index is -0.548. The van der Waals surface area contributed by atoms with Crippen molar-refractivity contribution in [2.45, 2.75) is 6.54 Å². The average Bonchev–Trinajstić information content (AvgIpc) is 2.74. The van der Waals surface area contributed by atoms with Crippen LogP contribution in [0.25, 0.3) is 0 Å². The Balaban J connectivity index is 1.96. The van der Waals surface area contributed by atoms with Crippen LogP contribution in [-0.4, -0.2) is 23.8 Å². The van der Waals surface area contributed by atoms with Crippen molar-refractivity contribution >= 4 is 29.0 Å². The maximum Gasteiger partial charge on any atom is 0.299 e. The summed E-state index contributed by atoms with van der Waals surface area (Å²) in [6, 6.07) is 8.43. The second-order valence-corrected chi connectivity index (χ2v) is 4.98. The van der Waals surface area contributed by atoms with Crippen LogP contribution in [0.15, 0.2) is 36.5 Å². The van der Waals surface area contributed by atoms with Gasteiger partial charge in [0.25, 0.3) is 11.7 Å². The number of carbonyl (C=O) groups excluding carboxylic acids is 2. The lowest BCUT2D eigenvalue weighted by Gasteiger charge is -2.16. The summed E-state index contributed by atoms with van der Waals surface area (Å²) >= 11 is 5.73. The number of Topliss-reactive ketones (excluding diaryl/α,β-unsaturated/α-hetero) is 1. The Bertz CT molecular complexity index is 728. The van der Waals surface area contributed by atoms with E-state index in [0.29, 0.717) is 22.2 Å². The lowest BCUT2D eigenvalue weighted by atomic mass is 10.1. The quantitative estimate of drug-likeness (QED) is 0.645. The van der Waals surface area contributed by atoms with Crippen LogP contribution in [0, 0.1) is 0 Å². The van der Waals surface area contributed by atoms with Crippen LogP contribution in [0.3, 0.4) is 0 Å². The van der Waals surface area contributed by atoms with Crippen molar-refractivity contribution in [1.82, 2.24) is 4.98 Å². The first-order valence-corrected chi connectivity index (χ1v) is 6.62. The van der Waals surface area contributed by atoms with Gasteiger partial charge in [0.15, 0.2) is 0 Å². The molecule has 0 saturated heterocycles. The smallest absolute Gasteiger partial charge is 0.299 e. The Hall–Kier alpha value is -2.40. The van der Waals surface area contributed by atoms with Gasteiger partial charge in [-0.25, -0.2) is 4.98 Å². The number of amides is 1. The fourth-order valence-electron chi connectivity index (χ4n) is 2.25. The number of ether oxygens (including phenoxy) is 1. The number of pyridine rings is 1. The molecule has 0 N–H and O–H groups in total. The highest BCUT2D eigenvalue weighted by Crippen LogP contribution is 2.33. The normalized spacial score (nSPS) is 13.5. The van der Waals surface area contributed by atoms with Gasteiger partial charge in [-0.3, -0.25) is 9.59 Å². The predicted octanol–water partition coefficient (Wildman–Crippen LogP) is 2.47. The molecule has 1 amide bonds. The van der Waals surface area contributed by atoms with E-state index >= 15 is 0 Å². The molecule has 0 spiro atoms. The molecule has 2 heterocycles. The van der Waals surface area contributed by atoms with Crippen molar-refractivity contribution < 1.29 is 14.3 Å². The van der Waals surface area contributed by atoms with E-state index in [-0.39, 0.29) is 6.54 Å². The third-order valence-electron chi connectivity index (χ3n) is 3.31. The fourth-order valence-corrected chi connectivity index (χ4v) is 2.36. The van der Waals surface area contributed by atoms with Crippen LogP contribution in [0.1, 0.15) is 15.9 Å². The van der Waals surface area contributed by atoms with Gasteiger partial charge < -0.3 is 9.64 Å². The minimum Gasteiger partial charge on any atom is -0.497 e. The molecule has 0 unspecified atom stereocenters. The van der Waals surface area contributed by atoms with Gasteiger partial charge in [-0.2, -0.15) is 0 Å². The van der Waals surface area contributed by atoms with Gasteiger partial charge in [0.05, 0.1) is 24.9 Å². The first-order valence-electron chi connectivity index (χ1n) is 6.25. The molecule has 0 radical (unpaired) electrons. The summed E-state index contributed by atoms with van der Waals surface area (Å²) in [5.74, 6) is -0.524. The van der Waals surface area contributed by atoms with Crippen molar-refractivity contribution in [3.63, 3.8) is 0 Å². The topological polar surface area (TPSA) is 59.5 Å². The van der Waals surface area contributed by atoms with Crippen LogP contribution in [0.4, 0.5) is 5.69 Å². The lowest BCUT2D eigenvalue weighted by molar-refractivity contribution is -0.114. The van der Waals surface area contributed by atoms with E-state index in [2.05, 4.69) is 4.98 Å². The first kappa shape index (κ1) is 13.6. The number of aromatic nitrogens is 1. The maximum atomic E-state index is 12.1. The number of methoxy groups -OCH3 is 1. The van der Waals surface area contributed by atoms with E-state index in [1.54, 1.807) is 36.5 Å². The number of anilines is 1. The molecular formula is C15H11ClN2O3. The monoisotopic (exact) mass is 302 g/mol. The Morgan fingerprint density at radius 1 is 1.24 bits per heavy atom. The van der Waals surface area contributed by atoms with Crippen molar-refractivity contribution in [2.24, 2.45) is 0 Å². The van der Waals surface area contributed by atoms with Crippen molar-refractivity contribution in [3.05, 3.63) is 52.8 Å². The van der Waals surface area contributed by atoms with Crippen LogP contribution in [0.5, 0.6) is 5.75 Å². The molecule has 1 aromatic carbocycles. The number of carbonyl (C=O) groups is 2. The molecule has 21 heavy (non-hydrogen) atoms. The Kier molecular flexibility index (Phi) is 3.35. The van der Waals surface area contributed by atoms with Gasteiger partial charge >= 0.3 is 0 Å². The molecule has 1 aliphatic heterocycles. The lowest BCUT2D eigenvalue weighted by Crippen LogP contribution is -2.29. The van der Waals surface area contributed by atoms with Crippen LogP contribution < -0.4 is 9.64 Å². The summed E-state index contributed by atoms with van der Waals surface area (Å²) in [6.45, 7) is 0.272. The van der Waals surface area contributed by atoms with Crippen LogP contribution >= 0.6 is 11.6 Å². The zero-order chi connectivity index (χ0) is 15.0. The molecule has 106 valence electrons. The van der Waals surface area contributed by atoms with E-state index in [0.717, 1.165) is 5.56 Å². The average molecular weight is 303 g/mol. The Morgan fingerprint density at radius 2 is 2.05 bits per heavy atom. The number of halogens is 1. The molecule has 0 bridgehead atoms. The predicted molar refractivity (Wildman–Crippen MR) is 77.8 cm³/mol. The molecule has 5 nitrogen and oxygen atoms in total. The molecular weight excluding hydrogens is 292 g/mol. The van der Waals surface area contributed by atoms with E-state index in [9.17, 15) is 9.59 Å². The summed E-state index contributed by atoms with van der Waals surface area (Å²) in [5, 5.41) is 0.382. The second-order valence-electron chi connectivity index (χ2n) is 4.59. The number of hydrogen-bond donors (Lipinski definition) is 0. The summed E-state index contributed by atoms with van der Waals surface area (Å²) < 4.78 is 5.08. The summed E-state index contributed by atoms with van der Waals surface area (Å²) in [5.41, 5.74) is 1.74. The zero-order valence-corrected chi connectivity index (χ0v) is 11.9. The third-order valence-corrected chi connectivity index (χ3v) is 3.53. The number of benzene rings is 1. The van der Waals surface area contributed by atoms with Gasteiger partial charge in [0.2, 0.25) is 0 Å². The van der Waals surface area contributed by atoms with E-state index in [1.165, 1.54) is 12.0 Å². The van der Waals surface area contributed by atoms with Gasteiger partial charge in [0, 0.05) is 6.20 Å². The number of ketones is 1. The van der Waals surface area contributed by atoms with Gasteiger partial charge in [-0.1, -0.05) is 17.7 Å². The highest BCUT2D eigenvalue weighted by atomic mass is 35.5. The van der Waals surface area contributed by atoms with Gasteiger partial charge in [-0.15, -0.1) is 0 Å². The summed E-state index contributed by atoms with van der Waals surface area (Å²) in [4.78, 5) is 29.6. The molecule has 0 aliphatic carbocycles. The zero-order valence-electron chi connectivity index (χ0n) is 11.2. The second kappa shape index (κ2) is 5.18. The molecule has 0 fully saturated rings. The SMILES string of the molecule is COc1ccc2c(c1)C(=O)C(=O)N2Cc1ccc(Cl)nc1. The Morgan fingerprint density at radius 3 is 2.71 bits per heavy atom.